The Morgan fingerprint density at radius 3 is 3.05 bits per heavy atom. The highest BCUT2D eigenvalue weighted by Crippen LogP contribution is 2.47. The summed E-state index contributed by atoms with van der Waals surface area (Å²) in [5.41, 5.74) is 0. The second-order valence-corrected chi connectivity index (χ2v) is 6.62. The van der Waals surface area contributed by atoms with Crippen molar-refractivity contribution in [3.8, 4) is 0 Å². The molecule has 2 aromatic heterocycles. The minimum atomic E-state index is 0.521. The van der Waals surface area contributed by atoms with E-state index in [1.165, 1.54) is 31.4 Å². The van der Waals surface area contributed by atoms with Crippen molar-refractivity contribution in [1.82, 2.24) is 14.9 Å². The lowest BCUT2D eigenvalue weighted by Crippen LogP contribution is -2.33. The number of furan rings is 1. The van der Waals surface area contributed by atoms with Crippen LogP contribution in [-0.2, 0) is 6.54 Å². The molecule has 0 aromatic carbocycles. The van der Waals surface area contributed by atoms with Crippen LogP contribution in [0, 0.1) is 5.92 Å². The van der Waals surface area contributed by atoms with Crippen LogP contribution in [0.5, 0.6) is 0 Å². The van der Waals surface area contributed by atoms with E-state index in [2.05, 4.69) is 40.1 Å². The maximum atomic E-state index is 5.98. The normalized spacial score (nSPS) is 31.7. The molecule has 2 aromatic rings. The molecule has 4 heteroatoms. The molecule has 4 atom stereocenters. The molecule has 112 valence electrons. The molecule has 1 N–H and O–H groups in total. The number of aromatic nitrogens is 2. The summed E-state index contributed by atoms with van der Waals surface area (Å²) < 4.78 is 8.22. The standard InChI is InChI=1S/C17H23N3O/c1-12-9-14(12)17-6-5-13(21-17)10-19-15-3-2-4-16(15)20-8-7-18-11-20/h5-8,11-12,14-16,19H,2-4,9-10H2,1H3. The zero-order valence-corrected chi connectivity index (χ0v) is 12.5. The summed E-state index contributed by atoms with van der Waals surface area (Å²) in [7, 11) is 0. The smallest absolute Gasteiger partial charge is 0.117 e. The molecule has 0 radical (unpaired) electrons. The van der Waals surface area contributed by atoms with Gasteiger partial charge in [0.05, 0.1) is 12.9 Å². The molecule has 0 saturated heterocycles. The maximum absolute atomic E-state index is 5.98. The Hall–Kier alpha value is -1.55. The minimum Gasteiger partial charge on any atom is -0.464 e. The first-order valence-electron chi connectivity index (χ1n) is 8.10. The lowest BCUT2D eigenvalue weighted by Gasteiger charge is -2.21. The van der Waals surface area contributed by atoms with Crippen LogP contribution in [0.1, 0.15) is 56.1 Å². The predicted molar refractivity (Wildman–Crippen MR) is 81.0 cm³/mol. The fraction of sp³-hybridized carbons (Fsp3) is 0.588. The molecule has 2 aliphatic carbocycles. The molecule has 0 bridgehead atoms. The van der Waals surface area contributed by atoms with Crippen molar-refractivity contribution < 1.29 is 4.42 Å². The first-order chi connectivity index (χ1) is 10.3. The third-order valence-corrected chi connectivity index (χ3v) is 5.08. The van der Waals surface area contributed by atoms with Crippen LogP contribution >= 0.6 is 0 Å². The van der Waals surface area contributed by atoms with Crippen LogP contribution in [0.25, 0.3) is 0 Å². The molecule has 0 aliphatic heterocycles. The van der Waals surface area contributed by atoms with Gasteiger partial charge in [0.2, 0.25) is 0 Å². The van der Waals surface area contributed by atoms with Gasteiger partial charge in [0.1, 0.15) is 11.5 Å². The third-order valence-electron chi connectivity index (χ3n) is 5.08. The Bertz CT molecular complexity index is 589. The van der Waals surface area contributed by atoms with Gasteiger partial charge < -0.3 is 14.3 Å². The highest BCUT2D eigenvalue weighted by molar-refractivity contribution is 5.17. The summed E-state index contributed by atoms with van der Waals surface area (Å²) in [6.45, 7) is 3.12. The Kier molecular flexibility index (Phi) is 3.34. The van der Waals surface area contributed by atoms with Crippen LogP contribution in [-0.4, -0.2) is 15.6 Å². The topological polar surface area (TPSA) is 43.0 Å². The van der Waals surface area contributed by atoms with Gasteiger partial charge in [0, 0.05) is 30.4 Å². The zero-order valence-electron chi connectivity index (χ0n) is 12.5. The van der Waals surface area contributed by atoms with E-state index in [4.69, 9.17) is 4.42 Å². The van der Waals surface area contributed by atoms with Crippen molar-refractivity contribution in [3.05, 3.63) is 42.4 Å². The molecule has 0 amide bonds. The van der Waals surface area contributed by atoms with E-state index in [-0.39, 0.29) is 0 Å². The van der Waals surface area contributed by atoms with Crippen molar-refractivity contribution in [1.29, 1.82) is 0 Å². The molecule has 2 saturated carbocycles. The maximum Gasteiger partial charge on any atom is 0.117 e. The van der Waals surface area contributed by atoms with Crippen LogP contribution < -0.4 is 5.32 Å². The van der Waals surface area contributed by atoms with Gasteiger partial charge in [-0.2, -0.15) is 0 Å². The van der Waals surface area contributed by atoms with Crippen LogP contribution in [0.2, 0.25) is 0 Å². The molecule has 21 heavy (non-hydrogen) atoms. The average Bonchev–Trinajstić information content (AvgIpc) is 3.02. The van der Waals surface area contributed by atoms with Gasteiger partial charge in [-0.05, 0) is 43.7 Å². The number of imidazole rings is 1. The number of nitrogens with zero attached hydrogens (tertiary/aromatic N) is 2. The molecular weight excluding hydrogens is 262 g/mol. The van der Waals surface area contributed by atoms with E-state index >= 15 is 0 Å². The highest BCUT2D eigenvalue weighted by atomic mass is 16.3. The van der Waals surface area contributed by atoms with E-state index in [0.29, 0.717) is 18.0 Å². The lowest BCUT2D eigenvalue weighted by atomic mass is 10.1. The lowest BCUT2D eigenvalue weighted by molar-refractivity contribution is 0.366. The first-order valence-corrected chi connectivity index (χ1v) is 8.10. The molecule has 2 fully saturated rings. The average molecular weight is 285 g/mol. The van der Waals surface area contributed by atoms with Gasteiger partial charge in [-0.1, -0.05) is 6.92 Å². The monoisotopic (exact) mass is 285 g/mol. The molecule has 4 unspecified atom stereocenters. The summed E-state index contributed by atoms with van der Waals surface area (Å²) in [5, 5.41) is 3.68. The van der Waals surface area contributed by atoms with E-state index in [1.807, 2.05) is 12.5 Å². The summed E-state index contributed by atoms with van der Waals surface area (Å²) in [4.78, 5) is 4.17. The van der Waals surface area contributed by atoms with Crippen molar-refractivity contribution in [3.63, 3.8) is 0 Å². The second-order valence-electron chi connectivity index (χ2n) is 6.62. The van der Waals surface area contributed by atoms with Crippen molar-refractivity contribution in [2.45, 2.75) is 57.2 Å². The van der Waals surface area contributed by atoms with Gasteiger partial charge in [0.25, 0.3) is 0 Å². The Morgan fingerprint density at radius 1 is 1.38 bits per heavy atom. The Morgan fingerprint density at radius 2 is 2.29 bits per heavy atom. The first kappa shape index (κ1) is 13.1. The largest absolute Gasteiger partial charge is 0.464 e. The van der Waals surface area contributed by atoms with Gasteiger partial charge in [-0.25, -0.2) is 4.98 Å². The van der Waals surface area contributed by atoms with Gasteiger partial charge in [-0.3, -0.25) is 0 Å². The summed E-state index contributed by atoms with van der Waals surface area (Å²) in [5.74, 6) is 3.72. The quantitative estimate of drug-likeness (QED) is 0.914. The predicted octanol–water partition coefficient (Wildman–Crippen LogP) is 3.48. The van der Waals surface area contributed by atoms with Crippen LogP contribution in [0.3, 0.4) is 0 Å². The molecule has 2 heterocycles. The van der Waals surface area contributed by atoms with Crippen molar-refractivity contribution in [2.75, 3.05) is 0 Å². The van der Waals surface area contributed by atoms with Crippen molar-refractivity contribution >= 4 is 0 Å². The number of nitrogens with one attached hydrogen (secondary N) is 1. The molecule has 2 aliphatic rings. The Labute approximate surface area is 125 Å². The van der Waals surface area contributed by atoms with E-state index in [0.717, 1.165) is 18.2 Å². The van der Waals surface area contributed by atoms with Crippen LogP contribution in [0.4, 0.5) is 0 Å². The number of hydrogen-bond acceptors (Lipinski definition) is 3. The van der Waals surface area contributed by atoms with Gasteiger partial charge in [0.15, 0.2) is 0 Å². The fourth-order valence-electron chi connectivity index (χ4n) is 3.64. The highest BCUT2D eigenvalue weighted by Gasteiger charge is 2.36. The zero-order chi connectivity index (χ0) is 14.2. The second kappa shape index (κ2) is 5.34. The van der Waals surface area contributed by atoms with Crippen LogP contribution in [0.15, 0.2) is 35.3 Å². The third kappa shape index (κ3) is 2.64. The molecule has 4 nitrogen and oxygen atoms in total. The fourth-order valence-corrected chi connectivity index (χ4v) is 3.64. The number of rotatable bonds is 5. The van der Waals surface area contributed by atoms with E-state index in [1.54, 1.807) is 0 Å². The van der Waals surface area contributed by atoms with Crippen molar-refractivity contribution in [2.24, 2.45) is 5.92 Å². The van der Waals surface area contributed by atoms with E-state index in [9.17, 15) is 0 Å². The molecule has 0 spiro atoms. The summed E-state index contributed by atoms with van der Waals surface area (Å²) in [6, 6.07) is 5.35. The SMILES string of the molecule is CC1CC1c1ccc(CNC2CCCC2n2ccnc2)o1. The summed E-state index contributed by atoms with van der Waals surface area (Å²) in [6.07, 6.45) is 10.9. The molecular formula is C17H23N3O. The Balaban J connectivity index is 1.36. The van der Waals surface area contributed by atoms with E-state index < -0.39 is 0 Å². The van der Waals surface area contributed by atoms with Gasteiger partial charge >= 0.3 is 0 Å². The molecule has 4 rings (SSSR count). The summed E-state index contributed by atoms with van der Waals surface area (Å²) >= 11 is 0. The van der Waals surface area contributed by atoms with Gasteiger partial charge in [-0.15, -0.1) is 0 Å². The minimum absolute atomic E-state index is 0.521. The number of hydrogen-bond donors (Lipinski definition) is 1.